The van der Waals surface area contributed by atoms with Crippen LogP contribution in [0.25, 0.3) is 0 Å². The maximum Gasteiger partial charge on any atom is 0.326 e. The zero-order chi connectivity index (χ0) is 12.0. The number of methoxy groups -OCH3 is 1. The average Bonchev–Trinajstić information content (AvgIpc) is 2.14. The third-order valence-electron chi connectivity index (χ3n) is 2.04. The van der Waals surface area contributed by atoms with Gasteiger partial charge >= 0.3 is 5.97 Å². The molecule has 5 heteroatoms. The van der Waals surface area contributed by atoms with Crippen molar-refractivity contribution in [1.82, 2.24) is 5.32 Å². The van der Waals surface area contributed by atoms with Crippen molar-refractivity contribution in [3.63, 3.8) is 0 Å². The molecule has 0 aliphatic heterocycles. The fourth-order valence-corrected chi connectivity index (χ4v) is 1.09. The molecule has 0 spiro atoms. The fraction of sp³-hybridized carbons (Fsp3) is 0.800. The van der Waals surface area contributed by atoms with Crippen LogP contribution in [0.2, 0.25) is 0 Å². The summed E-state index contributed by atoms with van der Waals surface area (Å²) in [5.74, 6) is -1.20. The Morgan fingerprint density at radius 2 is 1.87 bits per heavy atom. The van der Waals surface area contributed by atoms with E-state index < -0.39 is 24.0 Å². The minimum atomic E-state index is -1.01. The highest BCUT2D eigenvalue weighted by atomic mass is 16.5. The first-order chi connectivity index (χ1) is 6.88. The van der Waals surface area contributed by atoms with Gasteiger partial charge in [-0.1, -0.05) is 13.8 Å². The van der Waals surface area contributed by atoms with E-state index in [-0.39, 0.29) is 5.92 Å². The smallest absolute Gasteiger partial charge is 0.326 e. The largest absolute Gasteiger partial charge is 0.480 e. The van der Waals surface area contributed by atoms with Crippen molar-refractivity contribution in [1.29, 1.82) is 0 Å². The highest BCUT2D eigenvalue weighted by Crippen LogP contribution is 2.05. The average molecular weight is 217 g/mol. The number of rotatable bonds is 6. The number of carboxylic acids is 1. The van der Waals surface area contributed by atoms with Crippen molar-refractivity contribution >= 4 is 11.9 Å². The molecule has 0 saturated heterocycles. The fourth-order valence-electron chi connectivity index (χ4n) is 1.09. The molecule has 0 aromatic rings. The van der Waals surface area contributed by atoms with E-state index in [2.05, 4.69) is 5.32 Å². The van der Waals surface area contributed by atoms with Crippen LogP contribution in [-0.2, 0) is 14.3 Å². The molecule has 0 fully saturated rings. The molecule has 2 atom stereocenters. The maximum atomic E-state index is 11.4. The van der Waals surface area contributed by atoms with E-state index in [1.807, 2.05) is 13.8 Å². The van der Waals surface area contributed by atoms with Crippen LogP contribution in [0.3, 0.4) is 0 Å². The molecular formula is C10H19NO4. The Labute approximate surface area is 89.8 Å². The molecular weight excluding hydrogens is 198 g/mol. The first-order valence-corrected chi connectivity index (χ1v) is 4.94. The van der Waals surface area contributed by atoms with Gasteiger partial charge in [0.15, 0.2) is 0 Å². The molecule has 88 valence electrons. The van der Waals surface area contributed by atoms with Gasteiger partial charge in [0.25, 0.3) is 0 Å². The summed E-state index contributed by atoms with van der Waals surface area (Å²) in [6.45, 7) is 5.38. The number of hydrogen-bond donors (Lipinski definition) is 2. The lowest BCUT2D eigenvalue weighted by molar-refractivity contribution is -0.144. The molecule has 0 aliphatic carbocycles. The van der Waals surface area contributed by atoms with E-state index in [1.165, 1.54) is 7.11 Å². The Morgan fingerprint density at radius 1 is 1.33 bits per heavy atom. The van der Waals surface area contributed by atoms with Crippen molar-refractivity contribution in [2.24, 2.45) is 5.92 Å². The standard InChI is InChI=1S/C10H19NO4/c1-6(2)5-8(10(13)14)11-9(12)7(3)15-4/h6-8H,5H2,1-4H3,(H,11,12)(H,13,14)/t7?,8-/m1/s1. The van der Waals surface area contributed by atoms with E-state index in [1.54, 1.807) is 6.92 Å². The van der Waals surface area contributed by atoms with Crippen LogP contribution < -0.4 is 5.32 Å². The second-order valence-electron chi connectivity index (χ2n) is 3.91. The lowest BCUT2D eigenvalue weighted by Crippen LogP contribution is -2.45. The molecule has 0 heterocycles. The summed E-state index contributed by atoms with van der Waals surface area (Å²) in [5.41, 5.74) is 0. The normalized spacial score (nSPS) is 14.7. The Bertz CT molecular complexity index is 227. The number of amides is 1. The zero-order valence-electron chi connectivity index (χ0n) is 9.61. The summed E-state index contributed by atoms with van der Waals surface area (Å²) >= 11 is 0. The highest BCUT2D eigenvalue weighted by Gasteiger charge is 2.23. The second-order valence-corrected chi connectivity index (χ2v) is 3.91. The van der Waals surface area contributed by atoms with Gasteiger partial charge in [-0.2, -0.15) is 0 Å². The molecule has 0 radical (unpaired) electrons. The SMILES string of the molecule is COC(C)C(=O)N[C@H](CC(C)C)C(=O)O. The first kappa shape index (κ1) is 13.9. The number of carbonyl (C=O) groups excluding carboxylic acids is 1. The number of hydrogen-bond acceptors (Lipinski definition) is 3. The first-order valence-electron chi connectivity index (χ1n) is 4.94. The molecule has 0 rings (SSSR count). The Hall–Kier alpha value is -1.10. The molecule has 0 saturated carbocycles. The second kappa shape index (κ2) is 6.40. The van der Waals surface area contributed by atoms with Crippen molar-refractivity contribution < 1.29 is 19.4 Å². The van der Waals surface area contributed by atoms with Gasteiger partial charge in [0, 0.05) is 7.11 Å². The number of carboxylic acid groups (broad SMARTS) is 1. The topological polar surface area (TPSA) is 75.6 Å². The predicted octanol–water partition coefficient (Wildman–Crippen LogP) is 0.637. The van der Waals surface area contributed by atoms with Gasteiger partial charge < -0.3 is 15.2 Å². The molecule has 2 N–H and O–H groups in total. The summed E-state index contributed by atoms with van der Waals surface area (Å²) in [6.07, 6.45) is -0.212. The highest BCUT2D eigenvalue weighted by molar-refractivity contribution is 5.86. The van der Waals surface area contributed by atoms with Gasteiger partial charge in [-0.25, -0.2) is 4.79 Å². The number of ether oxygens (including phenoxy) is 1. The van der Waals surface area contributed by atoms with Crippen LogP contribution in [0, 0.1) is 5.92 Å². The minimum Gasteiger partial charge on any atom is -0.480 e. The van der Waals surface area contributed by atoms with Crippen LogP contribution in [0.4, 0.5) is 0 Å². The quantitative estimate of drug-likeness (QED) is 0.684. The summed E-state index contributed by atoms with van der Waals surface area (Å²) in [6, 6.07) is -0.838. The summed E-state index contributed by atoms with van der Waals surface area (Å²) in [4.78, 5) is 22.2. The molecule has 15 heavy (non-hydrogen) atoms. The van der Waals surface area contributed by atoms with E-state index in [4.69, 9.17) is 9.84 Å². The van der Waals surface area contributed by atoms with Gasteiger partial charge in [-0.05, 0) is 19.3 Å². The summed E-state index contributed by atoms with van der Waals surface area (Å²) in [7, 11) is 1.41. The van der Waals surface area contributed by atoms with Gasteiger partial charge in [-0.3, -0.25) is 4.79 Å². The predicted molar refractivity (Wildman–Crippen MR) is 55.5 cm³/mol. The molecule has 0 aliphatic rings. The van der Waals surface area contributed by atoms with Crippen molar-refractivity contribution in [3.8, 4) is 0 Å². The summed E-state index contributed by atoms with van der Waals surface area (Å²) < 4.78 is 4.79. The van der Waals surface area contributed by atoms with Crippen LogP contribution >= 0.6 is 0 Å². The Kier molecular flexibility index (Phi) is 5.93. The van der Waals surface area contributed by atoms with Gasteiger partial charge in [0.2, 0.25) is 5.91 Å². The zero-order valence-corrected chi connectivity index (χ0v) is 9.61. The lowest BCUT2D eigenvalue weighted by Gasteiger charge is -2.18. The number of aliphatic carboxylic acids is 1. The third kappa shape index (κ3) is 5.37. The van der Waals surface area contributed by atoms with Gasteiger partial charge in [0.1, 0.15) is 12.1 Å². The molecule has 1 unspecified atom stereocenters. The van der Waals surface area contributed by atoms with E-state index in [0.717, 1.165) is 0 Å². The van der Waals surface area contributed by atoms with Gasteiger partial charge in [0.05, 0.1) is 0 Å². The summed E-state index contributed by atoms with van der Waals surface area (Å²) in [5, 5.41) is 11.3. The third-order valence-corrected chi connectivity index (χ3v) is 2.04. The van der Waals surface area contributed by atoms with E-state index >= 15 is 0 Å². The number of nitrogens with one attached hydrogen (secondary N) is 1. The molecule has 0 bridgehead atoms. The van der Waals surface area contributed by atoms with E-state index in [9.17, 15) is 9.59 Å². The van der Waals surface area contributed by atoms with Crippen LogP contribution in [0.5, 0.6) is 0 Å². The minimum absolute atomic E-state index is 0.212. The van der Waals surface area contributed by atoms with Crippen molar-refractivity contribution in [2.45, 2.75) is 39.3 Å². The molecule has 0 aromatic heterocycles. The lowest BCUT2D eigenvalue weighted by atomic mass is 10.0. The monoisotopic (exact) mass is 217 g/mol. The molecule has 1 amide bonds. The molecule has 0 aromatic carbocycles. The number of carbonyl (C=O) groups is 2. The van der Waals surface area contributed by atoms with Gasteiger partial charge in [-0.15, -0.1) is 0 Å². The van der Waals surface area contributed by atoms with E-state index in [0.29, 0.717) is 6.42 Å². The van der Waals surface area contributed by atoms with Crippen LogP contribution in [0.1, 0.15) is 27.2 Å². The van der Waals surface area contributed by atoms with Crippen LogP contribution in [0.15, 0.2) is 0 Å². The van der Waals surface area contributed by atoms with Crippen LogP contribution in [-0.4, -0.2) is 36.2 Å². The Morgan fingerprint density at radius 3 is 2.20 bits per heavy atom. The Balaban J connectivity index is 4.29. The van der Waals surface area contributed by atoms with Crippen molar-refractivity contribution in [2.75, 3.05) is 7.11 Å². The molecule has 5 nitrogen and oxygen atoms in total. The maximum absolute atomic E-state index is 11.4. The van der Waals surface area contributed by atoms with Crippen molar-refractivity contribution in [3.05, 3.63) is 0 Å².